The van der Waals surface area contributed by atoms with E-state index in [1.807, 2.05) is 6.07 Å². The van der Waals surface area contributed by atoms with E-state index in [9.17, 15) is 0 Å². The summed E-state index contributed by atoms with van der Waals surface area (Å²) in [5.41, 5.74) is 1.74. The molecule has 0 unspecified atom stereocenters. The van der Waals surface area contributed by atoms with Crippen molar-refractivity contribution >= 4 is 39.5 Å². The van der Waals surface area contributed by atoms with Crippen molar-refractivity contribution in [2.75, 3.05) is 0 Å². The number of hydrogen-bond acceptors (Lipinski definition) is 3. The molecule has 2 aromatic rings. The first-order valence-corrected chi connectivity index (χ1v) is 4.47. The van der Waals surface area contributed by atoms with E-state index in [0.29, 0.717) is 15.5 Å². The SMILES string of the molecule is OB(O)c1c(Br)ccc2[nH]cnc12. The maximum absolute atomic E-state index is 9.09. The van der Waals surface area contributed by atoms with Crippen LogP contribution in [-0.4, -0.2) is 27.1 Å². The summed E-state index contributed by atoms with van der Waals surface area (Å²) >= 11 is 3.23. The Morgan fingerprint density at radius 3 is 2.85 bits per heavy atom. The van der Waals surface area contributed by atoms with Crippen LogP contribution in [0.3, 0.4) is 0 Å². The van der Waals surface area contributed by atoms with Gasteiger partial charge < -0.3 is 15.0 Å². The molecule has 1 aromatic carbocycles. The minimum absolute atomic E-state index is 0.388. The van der Waals surface area contributed by atoms with Gasteiger partial charge in [0.25, 0.3) is 0 Å². The number of rotatable bonds is 1. The molecule has 4 nitrogen and oxygen atoms in total. The van der Waals surface area contributed by atoms with Crippen molar-refractivity contribution in [2.24, 2.45) is 0 Å². The summed E-state index contributed by atoms with van der Waals surface area (Å²) in [4.78, 5) is 6.88. The first kappa shape index (κ1) is 8.74. The van der Waals surface area contributed by atoms with Crippen LogP contribution in [0.1, 0.15) is 0 Å². The van der Waals surface area contributed by atoms with Crippen LogP contribution in [0.5, 0.6) is 0 Å². The Morgan fingerprint density at radius 1 is 1.38 bits per heavy atom. The van der Waals surface area contributed by atoms with Crippen LogP contribution in [0.2, 0.25) is 0 Å². The largest absolute Gasteiger partial charge is 0.491 e. The van der Waals surface area contributed by atoms with Gasteiger partial charge in [-0.25, -0.2) is 4.98 Å². The van der Waals surface area contributed by atoms with Gasteiger partial charge in [0.15, 0.2) is 0 Å². The van der Waals surface area contributed by atoms with Crippen LogP contribution in [0, 0.1) is 0 Å². The van der Waals surface area contributed by atoms with Crippen LogP contribution in [0.25, 0.3) is 11.0 Å². The second-order valence-corrected chi connectivity index (χ2v) is 3.49. The zero-order chi connectivity index (χ0) is 9.42. The number of nitrogens with one attached hydrogen (secondary N) is 1. The highest BCUT2D eigenvalue weighted by Crippen LogP contribution is 2.14. The summed E-state index contributed by atoms with van der Waals surface area (Å²) in [5, 5.41) is 18.2. The summed E-state index contributed by atoms with van der Waals surface area (Å²) in [6.45, 7) is 0. The lowest BCUT2D eigenvalue weighted by Gasteiger charge is -2.02. The molecule has 1 aromatic heterocycles. The van der Waals surface area contributed by atoms with E-state index in [-0.39, 0.29) is 0 Å². The molecule has 0 aliphatic carbocycles. The minimum Gasteiger partial charge on any atom is -0.423 e. The van der Waals surface area contributed by atoms with Gasteiger partial charge in [0, 0.05) is 9.94 Å². The van der Waals surface area contributed by atoms with Crippen molar-refractivity contribution in [3.8, 4) is 0 Å². The Bertz CT molecular complexity index is 443. The smallest absolute Gasteiger partial charge is 0.423 e. The van der Waals surface area contributed by atoms with Crippen molar-refractivity contribution in [1.29, 1.82) is 0 Å². The summed E-state index contributed by atoms with van der Waals surface area (Å²) in [7, 11) is -1.51. The summed E-state index contributed by atoms with van der Waals surface area (Å²) in [5.74, 6) is 0. The summed E-state index contributed by atoms with van der Waals surface area (Å²) in [6.07, 6.45) is 1.52. The van der Waals surface area contributed by atoms with Gasteiger partial charge >= 0.3 is 7.12 Å². The first-order valence-electron chi connectivity index (χ1n) is 3.68. The van der Waals surface area contributed by atoms with E-state index in [1.165, 1.54) is 6.33 Å². The van der Waals surface area contributed by atoms with Gasteiger partial charge in [-0.15, -0.1) is 0 Å². The lowest BCUT2D eigenvalue weighted by atomic mass is 9.79. The number of benzene rings is 1. The Morgan fingerprint density at radius 2 is 2.15 bits per heavy atom. The number of aromatic amines is 1. The molecule has 0 fully saturated rings. The molecule has 13 heavy (non-hydrogen) atoms. The first-order chi connectivity index (χ1) is 6.20. The summed E-state index contributed by atoms with van der Waals surface area (Å²) < 4.78 is 0.641. The number of hydrogen-bond donors (Lipinski definition) is 3. The highest BCUT2D eigenvalue weighted by atomic mass is 79.9. The molecule has 0 amide bonds. The Labute approximate surface area is 82.9 Å². The van der Waals surface area contributed by atoms with Crippen molar-refractivity contribution < 1.29 is 10.0 Å². The van der Waals surface area contributed by atoms with E-state index in [1.54, 1.807) is 6.07 Å². The zero-order valence-corrected chi connectivity index (χ0v) is 8.12. The third-order valence-electron chi connectivity index (χ3n) is 1.84. The third-order valence-corrected chi connectivity index (χ3v) is 2.53. The predicted octanol–water partition coefficient (Wildman–Crippen LogP) is 0.00520. The van der Waals surface area contributed by atoms with E-state index in [2.05, 4.69) is 25.9 Å². The molecule has 1 heterocycles. The zero-order valence-electron chi connectivity index (χ0n) is 6.53. The normalized spacial score (nSPS) is 10.7. The minimum atomic E-state index is -1.51. The van der Waals surface area contributed by atoms with E-state index in [4.69, 9.17) is 10.0 Å². The van der Waals surface area contributed by atoms with Crippen molar-refractivity contribution in [3.05, 3.63) is 22.9 Å². The maximum Gasteiger partial charge on any atom is 0.491 e. The lowest BCUT2D eigenvalue weighted by molar-refractivity contribution is 0.426. The van der Waals surface area contributed by atoms with Crippen LogP contribution in [-0.2, 0) is 0 Å². The highest BCUT2D eigenvalue weighted by Gasteiger charge is 2.19. The molecule has 0 saturated heterocycles. The van der Waals surface area contributed by atoms with Crippen molar-refractivity contribution in [3.63, 3.8) is 0 Å². The number of imidazole rings is 1. The fourth-order valence-corrected chi connectivity index (χ4v) is 1.78. The number of H-pyrrole nitrogens is 1. The maximum atomic E-state index is 9.09. The van der Waals surface area contributed by atoms with Gasteiger partial charge in [-0.05, 0) is 12.1 Å². The van der Waals surface area contributed by atoms with Crippen molar-refractivity contribution in [1.82, 2.24) is 9.97 Å². The second-order valence-electron chi connectivity index (χ2n) is 2.63. The van der Waals surface area contributed by atoms with Gasteiger partial charge in [-0.1, -0.05) is 15.9 Å². The molecule has 0 radical (unpaired) electrons. The third kappa shape index (κ3) is 1.37. The quantitative estimate of drug-likeness (QED) is 0.615. The van der Waals surface area contributed by atoms with Crippen LogP contribution < -0.4 is 5.46 Å². The fourth-order valence-electron chi connectivity index (χ4n) is 1.25. The molecule has 0 atom stereocenters. The predicted molar refractivity (Wildman–Crippen MR) is 53.6 cm³/mol. The molecule has 0 aliphatic heterocycles. The topological polar surface area (TPSA) is 69.1 Å². The average molecular weight is 241 g/mol. The second kappa shape index (κ2) is 3.14. The Kier molecular flexibility index (Phi) is 2.11. The van der Waals surface area contributed by atoms with Crippen molar-refractivity contribution in [2.45, 2.75) is 0 Å². The van der Waals surface area contributed by atoms with Crippen LogP contribution >= 0.6 is 15.9 Å². The van der Waals surface area contributed by atoms with Crippen LogP contribution in [0.15, 0.2) is 22.9 Å². The Balaban J connectivity index is 2.80. The number of halogens is 1. The van der Waals surface area contributed by atoms with Gasteiger partial charge in [0.05, 0.1) is 17.4 Å². The van der Waals surface area contributed by atoms with Gasteiger partial charge in [-0.2, -0.15) is 0 Å². The standard InChI is InChI=1S/C7H6BBrN2O2/c9-4-1-2-5-7(11-3-10-5)6(4)8(12)13/h1-3,12-13H,(H,10,11). The Hall–Kier alpha value is -0.845. The molecular weight excluding hydrogens is 235 g/mol. The highest BCUT2D eigenvalue weighted by molar-refractivity contribution is 9.10. The fraction of sp³-hybridized carbons (Fsp3) is 0. The molecule has 0 bridgehead atoms. The molecule has 2 rings (SSSR count). The monoisotopic (exact) mass is 240 g/mol. The van der Waals surface area contributed by atoms with Gasteiger partial charge in [0.2, 0.25) is 0 Å². The molecule has 0 saturated carbocycles. The molecule has 66 valence electrons. The molecule has 3 N–H and O–H groups in total. The number of fused-ring (bicyclic) bond motifs is 1. The molecule has 0 aliphatic rings. The lowest BCUT2D eigenvalue weighted by Crippen LogP contribution is -2.31. The van der Waals surface area contributed by atoms with Crippen LogP contribution in [0.4, 0.5) is 0 Å². The van der Waals surface area contributed by atoms with E-state index < -0.39 is 7.12 Å². The number of aromatic nitrogens is 2. The van der Waals surface area contributed by atoms with E-state index in [0.717, 1.165) is 5.52 Å². The van der Waals surface area contributed by atoms with Gasteiger partial charge in [-0.3, -0.25) is 0 Å². The molecule has 0 spiro atoms. The van der Waals surface area contributed by atoms with Gasteiger partial charge in [0.1, 0.15) is 0 Å². The molecule has 6 heteroatoms. The average Bonchev–Trinajstić information content (AvgIpc) is 2.50. The van der Waals surface area contributed by atoms with E-state index >= 15 is 0 Å². The molecular formula is C7H6BBrN2O2. The number of nitrogens with zero attached hydrogens (tertiary/aromatic N) is 1. The summed E-state index contributed by atoms with van der Waals surface area (Å²) in [6, 6.07) is 3.56.